The summed E-state index contributed by atoms with van der Waals surface area (Å²) in [4.78, 5) is 9.16. The first-order chi connectivity index (χ1) is 8.72. The number of nitrogens with one attached hydrogen (secondary N) is 1. The molecule has 3 nitrogen and oxygen atoms in total. The maximum Gasteiger partial charge on any atom is 0.227 e. The van der Waals surface area contributed by atoms with Crippen LogP contribution < -0.4 is 5.32 Å². The quantitative estimate of drug-likeness (QED) is 0.873. The minimum atomic E-state index is 0.721. The Morgan fingerprint density at radius 2 is 2.00 bits per heavy atom. The highest BCUT2D eigenvalue weighted by Gasteiger charge is 2.16. The van der Waals surface area contributed by atoms with Gasteiger partial charge in [0.25, 0.3) is 0 Å². The fourth-order valence-electron chi connectivity index (χ4n) is 2.53. The zero-order valence-electron chi connectivity index (χ0n) is 10.8. The van der Waals surface area contributed by atoms with Crippen LogP contribution in [0.15, 0.2) is 24.3 Å². The van der Waals surface area contributed by atoms with Gasteiger partial charge >= 0.3 is 0 Å². The van der Waals surface area contributed by atoms with Crippen LogP contribution in [0.4, 0.5) is 11.6 Å². The number of nitrogens with zero attached hydrogens (tertiary/aromatic N) is 2. The summed E-state index contributed by atoms with van der Waals surface area (Å²) < 4.78 is 0. The number of hydrogen-bond acceptors (Lipinski definition) is 3. The summed E-state index contributed by atoms with van der Waals surface area (Å²) >= 11 is 0. The first-order valence-corrected chi connectivity index (χ1v) is 6.42. The number of anilines is 2. The van der Waals surface area contributed by atoms with Gasteiger partial charge in [0.1, 0.15) is 0 Å². The molecule has 0 fully saturated rings. The van der Waals surface area contributed by atoms with E-state index in [1.54, 1.807) is 0 Å². The van der Waals surface area contributed by atoms with E-state index in [-0.39, 0.29) is 0 Å². The lowest BCUT2D eigenvalue weighted by molar-refractivity contribution is 0.899. The second-order valence-corrected chi connectivity index (χ2v) is 4.91. The molecule has 18 heavy (non-hydrogen) atoms. The molecule has 1 heterocycles. The molecule has 0 saturated carbocycles. The second-order valence-electron chi connectivity index (χ2n) is 4.91. The molecule has 92 valence electrons. The van der Waals surface area contributed by atoms with Crippen LogP contribution in [-0.2, 0) is 12.8 Å². The van der Waals surface area contributed by atoms with Gasteiger partial charge in [0, 0.05) is 17.1 Å². The monoisotopic (exact) mass is 239 g/mol. The summed E-state index contributed by atoms with van der Waals surface area (Å²) in [6.45, 7) is 4.16. The second kappa shape index (κ2) is 4.41. The SMILES string of the molecule is Cc1cccc(Nc2nc(C)c3c(n2)CCC3)c1. The van der Waals surface area contributed by atoms with Crippen LogP contribution in [-0.4, -0.2) is 9.97 Å². The van der Waals surface area contributed by atoms with Gasteiger partial charge in [-0.2, -0.15) is 0 Å². The maximum atomic E-state index is 4.62. The van der Waals surface area contributed by atoms with Crippen LogP contribution in [0.1, 0.15) is 28.9 Å². The molecule has 0 saturated heterocycles. The summed E-state index contributed by atoms with van der Waals surface area (Å²) in [5, 5.41) is 3.29. The minimum Gasteiger partial charge on any atom is -0.324 e. The third-order valence-corrected chi connectivity index (χ3v) is 3.41. The molecule has 1 aliphatic rings. The molecular formula is C15H17N3. The van der Waals surface area contributed by atoms with Crippen molar-refractivity contribution in [3.63, 3.8) is 0 Å². The molecule has 2 aromatic rings. The van der Waals surface area contributed by atoms with Gasteiger partial charge < -0.3 is 5.32 Å². The molecule has 0 atom stereocenters. The highest BCUT2D eigenvalue weighted by molar-refractivity contribution is 5.55. The highest BCUT2D eigenvalue weighted by atomic mass is 15.1. The molecule has 0 amide bonds. The van der Waals surface area contributed by atoms with Crippen LogP contribution in [0.25, 0.3) is 0 Å². The summed E-state index contributed by atoms with van der Waals surface area (Å²) in [6, 6.07) is 8.27. The van der Waals surface area contributed by atoms with Crippen LogP contribution in [0, 0.1) is 13.8 Å². The van der Waals surface area contributed by atoms with Gasteiger partial charge in [0.05, 0.1) is 0 Å². The zero-order valence-corrected chi connectivity index (χ0v) is 10.8. The van der Waals surface area contributed by atoms with Gasteiger partial charge in [-0.3, -0.25) is 0 Å². The van der Waals surface area contributed by atoms with Crippen molar-refractivity contribution in [3.05, 3.63) is 46.8 Å². The van der Waals surface area contributed by atoms with Crippen molar-refractivity contribution in [1.82, 2.24) is 9.97 Å². The Morgan fingerprint density at radius 3 is 2.83 bits per heavy atom. The largest absolute Gasteiger partial charge is 0.324 e. The molecule has 1 aromatic carbocycles. The first-order valence-electron chi connectivity index (χ1n) is 6.42. The number of fused-ring (bicyclic) bond motifs is 1. The maximum absolute atomic E-state index is 4.62. The number of aromatic nitrogens is 2. The Kier molecular flexibility index (Phi) is 2.74. The molecule has 1 aliphatic carbocycles. The van der Waals surface area contributed by atoms with Crippen molar-refractivity contribution in [1.29, 1.82) is 0 Å². The Hall–Kier alpha value is -1.90. The van der Waals surface area contributed by atoms with E-state index in [1.165, 1.54) is 23.2 Å². The van der Waals surface area contributed by atoms with E-state index in [0.29, 0.717) is 0 Å². The lowest BCUT2D eigenvalue weighted by atomic mass is 10.2. The standard InChI is InChI=1S/C15H17N3/c1-10-5-3-6-12(9-10)17-15-16-11(2)13-7-4-8-14(13)18-15/h3,5-6,9H,4,7-8H2,1-2H3,(H,16,17,18). The van der Waals surface area contributed by atoms with Crippen molar-refractivity contribution in [2.45, 2.75) is 33.1 Å². The Bertz CT molecular complexity index is 590. The Morgan fingerprint density at radius 1 is 1.11 bits per heavy atom. The average Bonchev–Trinajstić information content (AvgIpc) is 2.77. The number of rotatable bonds is 2. The van der Waals surface area contributed by atoms with Gasteiger partial charge in [0.2, 0.25) is 5.95 Å². The molecule has 1 aromatic heterocycles. The van der Waals surface area contributed by atoms with Gasteiger partial charge in [0.15, 0.2) is 0 Å². The highest BCUT2D eigenvalue weighted by Crippen LogP contribution is 2.24. The molecule has 0 unspecified atom stereocenters. The molecule has 0 spiro atoms. The summed E-state index contributed by atoms with van der Waals surface area (Å²) in [7, 11) is 0. The van der Waals surface area contributed by atoms with Gasteiger partial charge in [-0.1, -0.05) is 12.1 Å². The van der Waals surface area contributed by atoms with E-state index in [9.17, 15) is 0 Å². The number of hydrogen-bond donors (Lipinski definition) is 1. The van der Waals surface area contributed by atoms with Crippen molar-refractivity contribution < 1.29 is 0 Å². The summed E-state index contributed by atoms with van der Waals surface area (Å²) in [5.41, 5.74) is 5.97. The molecule has 0 bridgehead atoms. The van der Waals surface area contributed by atoms with Crippen molar-refractivity contribution >= 4 is 11.6 Å². The fourth-order valence-corrected chi connectivity index (χ4v) is 2.53. The molecule has 0 radical (unpaired) electrons. The van der Waals surface area contributed by atoms with Crippen LogP contribution in [0.5, 0.6) is 0 Å². The van der Waals surface area contributed by atoms with E-state index in [0.717, 1.165) is 30.2 Å². The fraction of sp³-hybridized carbons (Fsp3) is 0.333. The number of aryl methyl sites for hydroxylation is 3. The van der Waals surface area contributed by atoms with Gasteiger partial charge in [-0.15, -0.1) is 0 Å². The van der Waals surface area contributed by atoms with Crippen LogP contribution in [0.2, 0.25) is 0 Å². The summed E-state index contributed by atoms with van der Waals surface area (Å²) in [5.74, 6) is 0.721. The average molecular weight is 239 g/mol. The molecule has 3 heteroatoms. The van der Waals surface area contributed by atoms with E-state index >= 15 is 0 Å². The van der Waals surface area contributed by atoms with E-state index in [2.05, 4.69) is 41.3 Å². The topological polar surface area (TPSA) is 37.8 Å². The smallest absolute Gasteiger partial charge is 0.227 e. The van der Waals surface area contributed by atoms with Crippen molar-refractivity contribution in [2.24, 2.45) is 0 Å². The van der Waals surface area contributed by atoms with E-state index < -0.39 is 0 Å². The molecule has 3 rings (SSSR count). The first kappa shape index (κ1) is 11.2. The molecule has 0 aliphatic heterocycles. The van der Waals surface area contributed by atoms with Crippen LogP contribution >= 0.6 is 0 Å². The van der Waals surface area contributed by atoms with E-state index in [1.807, 2.05) is 12.1 Å². The van der Waals surface area contributed by atoms with Crippen molar-refractivity contribution in [2.75, 3.05) is 5.32 Å². The summed E-state index contributed by atoms with van der Waals surface area (Å²) in [6.07, 6.45) is 3.42. The zero-order chi connectivity index (χ0) is 12.5. The molecular weight excluding hydrogens is 222 g/mol. The Labute approximate surface area is 107 Å². The molecule has 1 N–H and O–H groups in total. The van der Waals surface area contributed by atoms with E-state index in [4.69, 9.17) is 0 Å². The lowest BCUT2D eigenvalue weighted by Crippen LogP contribution is -2.03. The van der Waals surface area contributed by atoms with Gasteiger partial charge in [-0.05, 0) is 56.4 Å². The normalized spacial score (nSPS) is 13.4. The van der Waals surface area contributed by atoms with Crippen LogP contribution in [0.3, 0.4) is 0 Å². The predicted molar refractivity (Wildman–Crippen MR) is 73.3 cm³/mol. The van der Waals surface area contributed by atoms with Crippen molar-refractivity contribution in [3.8, 4) is 0 Å². The predicted octanol–water partition coefficient (Wildman–Crippen LogP) is 3.33. The third kappa shape index (κ3) is 2.08. The number of benzene rings is 1. The minimum absolute atomic E-state index is 0.721. The van der Waals surface area contributed by atoms with Gasteiger partial charge in [-0.25, -0.2) is 9.97 Å². The lowest BCUT2D eigenvalue weighted by Gasteiger charge is -2.09. The Balaban J connectivity index is 1.92. The third-order valence-electron chi connectivity index (χ3n) is 3.41.